The van der Waals surface area contributed by atoms with Crippen molar-refractivity contribution in [3.05, 3.63) is 44.8 Å². The summed E-state index contributed by atoms with van der Waals surface area (Å²) < 4.78 is 6.51. The van der Waals surface area contributed by atoms with Crippen molar-refractivity contribution in [2.45, 2.75) is 44.6 Å². The van der Waals surface area contributed by atoms with E-state index < -0.39 is 11.2 Å². The lowest BCUT2D eigenvalue weighted by Crippen LogP contribution is -2.42. The largest absolute Gasteiger partial charge is 0.341 e. The molecule has 26 heavy (non-hydrogen) atoms. The average Bonchev–Trinajstić information content (AvgIpc) is 3.38. The Morgan fingerprint density at radius 1 is 1.23 bits per heavy atom. The molecule has 0 radical (unpaired) electrons. The van der Waals surface area contributed by atoms with E-state index in [4.69, 9.17) is 4.52 Å². The van der Waals surface area contributed by atoms with Gasteiger partial charge >= 0.3 is 5.69 Å². The number of hydrogen-bond donors (Lipinski definition) is 1. The topological polar surface area (TPSA) is 114 Å². The molecule has 2 aromatic rings. The van der Waals surface area contributed by atoms with Gasteiger partial charge in [0.2, 0.25) is 11.8 Å². The maximum absolute atomic E-state index is 12.4. The van der Waals surface area contributed by atoms with Crippen molar-refractivity contribution in [1.82, 2.24) is 24.6 Å². The molecule has 1 saturated carbocycles. The maximum atomic E-state index is 12.4. The van der Waals surface area contributed by atoms with Crippen LogP contribution in [0.2, 0.25) is 0 Å². The van der Waals surface area contributed by atoms with Gasteiger partial charge in [-0.2, -0.15) is 4.98 Å². The van der Waals surface area contributed by atoms with E-state index in [-0.39, 0.29) is 12.5 Å². The molecule has 1 saturated heterocycles. The Morgan fingerprint density at radius 3 is 2.69 bits per heavy atom. The quantitative estimate of drug-likeness (QED) is 0.820. The fraction of sp³-hybridized carbons (Fsp3) is 0.588. The molecule has 1 amide bonds. The van der Waals surface area contributed by atoms with Gasteiger partial charge in [0.1, 0.15) is 6.54 Å². The smallest absolute Gasteiger partial charge is 0.328 e. The van der Waals surface area contributed by atoms with Gasteiger partial charge in [-0.15, -0.1) is 0 Å². The molecule has 2 aromatic heterocycles. The van der Waals surface area contributed by atoms with Crippen LogP contribution in [0.25, 0.3) is 0 Å². The summed E-state index contributed by atoms with van der Waals surface area (Å²) in [5.41, 5.74) is -1.03. The number of nitrogens with one attached hydrogen (secondary N) is 1. The molecule has 1 aliphatic carbocycles. The Labute approximate surface area is 149 Å². The monoisotopic (exact) mass is 359 g/mol. The molecular formula is C17H21N5O4. The van der Waals surface area contributed by atoms with Crippen LogP contribution in [-0.4, -0.2) is 43.6 Å². The summed E-state index contributed by atoms with van der Waals surface area (Å²) in [6.45, 7) is 1.24. The van der Waals surface area contributed by atoms with Crippen LogP contribution in [0.1, 0.15) is 43.3 Å². The number of aromatic amines is 1. The van der Waals surface area contributed by atoms with Crippen molar-refractivity contribution in [2.75, 3.05) is 13.1 Å². The number of amides is 1. The zero-order chi connectivity index (χ0) is 18.1. The van der Waals surface area contributed by atoms with Crippen LogP contribution in [0.5, 0.6) is 0 Å². The SMILES string of the molecule is O=C(Cn1ccc(=O)[nH]c1=O)N1CCC(Cc2noc(C3CC3)n2)CC1. The van der Waals surface area contributed by atoms with Crippen LogP contribution in [0, 0.1) is 5.92 Å². The summed E-state index contributed by atoms with van der Waals surface area (Å²) in [5, 5.41) is 4.06. The van der Waals surface area contributed by atoms with Crippen LogP contribution in [-0.2, 0) is 17.8 Å². The molecule has 2 fully saturated rings. The van der Waals surface area contributed by atoms with E-state index in [9.17, 15) is 14.4 Å². The van der Waals surface area contributed by atoms with Gasteiger partial charge < -0.3 is 9.42 Å². The highest BCUT2D eigenvalue weighted by Gasteiger charge is 2.30. The Hall–Kier alpha value is -2.71. The molecule has 9 heteroatoms. The van der Waals surface area contributed by atoms with Crippen LogP contribution < -0.4 is 11.2 Å². The third kappa shape index (κ3) is 3.76. The zero-order valence-electron chi connectivity index (χ0n) is 14.4. The highest BCUT2D eigenvalue weighted by atomic mass is 16.5. The van der Waals surface area contributed by atoms with Gasteiger partial charge in [-0.05, 0) is 31.6 Å². The molecule has 4 rings (SSSR count). The van der Waals surface area contributed by atoms with E-state index in [0.29, 0.717) is 24.9 Å². The summed E-state index contributed by atoms with van der Waals surface area (Å²) in [5.74, 6) is 2.30. The summed E-state index contributed by atoms with van der Waals surface area (Å²) >= 11 is 0. The number of aromatic nitrogens is 4. The summed E-state index contributed by atoms with van der Waals surface area (Å²) in [4.78, 5) is 43.5. The van der Waals surface area contributed by atoms with Crippen molar-refractivity contribution in [3.63, 3.8) is 0 Å². The third-order valence-electron chi connectivity index (χ3n) is 5.05. The summed E-state index contributed by atoms with van der Waals surface area (Å²) in [6.07, 6.45) is 6.15. The van der Waals surface area contributed by atoms with Gasteiger partial charge in [0.15, 0.2) is 5.82 Å². The van der Waals surface area contributed by atoms with E-state index >= 15 is 0 Å². The minimum Gasteiger partial charge on any atom is -0.341 e. The average molecular weight is 359 g/mol. The Morgan fingerprint density at radius 2 is 2.00 bits per heavy atom. The highest BCUT2D eigenvalue weighted by Crippen LogP contribution is 2.39. The molecular weight excluding hydrogens is 338 g/mol. The molecule has 2 aliphatic rings. The first-order valence-corrected chi connectivity index (χ1v) is 8.98. The second-order valence-electron chi connectivity index (χ2n) is 7.09. The lowest BCUT2D eigenvalue weighted by atomic mass is 9.93. The van der Waals surface area contributed by atoms with Crippen LogP contribution in [0.3, 0.4) is 0 Å². The minimum absolute atomic E-state index is 0.0597. The number of carbonyl (C=O) groups is 1. The second kappa shape index (κ2) is 6.89. The number of rotatable bonds is 5. The number of nitrogens with zero attached hydrogens (tertiary/aromatic N) is 4. The van der Waals surface area contributed by atoms with Crippen LogP contribution in [0.4, 0.5) is 0 Å². The fourth-order valence-corrected chi connectivity index (χ4v) is 3.31. The van der Waals surface area contributed by atoms with Crippen LogP contribution in [0.15, 0.2) is 26.4 Å². The van der Waals surface area contributed by atoms with Gasteiger partial charge in [0.05, 0.1) is 0 Å². The number of carbonyl (C=O) groups excluding carboxylic acids is 1. The maximum Gasteiger partial charge on any atom is 0.328 e. The highest BCUT2D eigenvalue weighted by molar-refractivity contribution is 5.76. The first-order valence-electron chi connectivity index (χ1n) is 8.98. The molecule has 0 bridgehead atoms. The van der Waals surface area contributed by atoms with Crippen molar-refractivity contribution >= 4 is 5.91 Å². The molecule has 9 nitrogen and oxygen atoms in total. The third-order valence-corrected chi connectivity index (χ3v) is 5.05. The van der Waals surface area contributed by atoms with Crippen molar-refractivity contribution in [3.8, 4) is 0 Å². The van der Waals surface area contributed by atoms with Crippen molar-refractivity contribution in [1.29, 1.82) is 0 Å². The summed E-state index contributed by atoms with van der Waals surface area (Å²) in [6, 6.07) is 1.24. The summed E-state index contributed by atoms with van der Waals surface area (Å²) in [7, 11) is 0. The first kappa shape index (κ1) is 16.7. The van der Waals surface area contributed by atoms with Crippen molar-refractivity contribution < 1.29 is 9.32 Å². The van der Waals surface area contributed by atoms with E-state index in [0.717, 1.165) is 43.8 Å². The molecule has 0 unspecified atom stereocenters. The Bertz CT molecular complexity index is 902. The number of likely N-dealkylation sites (tertiary alicyclic amines) is 1. The van der Waals surface area contributed by atoms with Crippen molar-refractivity contribution in [2.24, 2.45) is 5.92 Å². The standard InChI is InChI=1S/C17H21N5O4/c23-14-5-8-22(17(25)19-14)10-15(24)21-6-3-11(4-7-21)9-13-18-16(26-20-13)12-1-2-12/h5,8,11-12H,1-4,6-7,9-10H2,(H,19,23,25). The van der Waals surface area contributed by atoms with Gasteiger partial charge in [-0.1, -0.05) is 5.16 Å². The predicted molar refractivity (Wildman–Crippen MR) is 90.6 cm³/mol. The normalized spacial score (nSPS) is 18.2. The Kier molecular flexibility index (Phi) is 4.44. The molecule has 1 aliphatic heterocycles. The number of piperidine rings is 1. The molecule has 138 valence electrons. The van der Waals surface area contributed by atoms with E-state index in [1.807, 2.05) is 0 Å². The molecule has 0 atom stereocenters. The van der Waals surface area contributed by atoms with Crippen LogP contribution >= 0.6 is 0 Å². The van der Waals surface area contributed by atoms with E-state index in [1.165, 1.54) is 16.8 Å². The molecule has 0 aromatic carbocycles. The lowest BCUT2D eigenvalue weighted by Gasteiger charge is -2.31. The Balaban J connectivity index is 1.29. The predicted octanol–water partition coefficient (Wildman–Crippen LogP) is 0.278. The first-order chi connectivity index (χ1) is 12.6. The van der Waals surface area contributed by atoms with Gasteiger partial charge in [0.25, 0.3) is 5.56 Å². The lowest BCUT2D eigenvalue weighted by molar-refractivity contribution is -0.133. The second-order valence-corrected chi connectivity index (χ2v) is 7.09. The zero-order valence-corrected chi connectivity index (χ0v) is 14.4. The number of H-pyrrole nitrogens is 1. The van der Waals surface area contributed by atoms with Gasteiger partial charge in [-0.3, -0.25) is 19.1 Å². The molecule has 1 N–H and O–H groups in total. The van der Waals surface area contributed by atoms with E-state index in [1.54, 1.807) is 4.90 Å². The number of hydrogen-bond acceptors (Lipinski definition) is 6. The minimum atomic E-state index is -0.565. The van der Waals surface area contributed by atoms with Gasteiger partial charge in [-0.25, -0.2) is 4.79 Å². The molecule has 3 heterocycles. The fourth-order valence-electron chi connectivity index (χ4n) is 3.31. The van der Waals surface area contributed by atoms with E-state index in [2.05, 4.69) is 15.1 Å². The van der Waals surface area contributed by atoms with Gasteiger partial charge in [0, 0.05) is 37.7 Å². The molecule has 0 spiro atoms.